The van der Waals surface area contributed by atoms with Gasteiger partial charge in [-0.15, -0.1) is 11.3 Å². The Morgan fingerprint density at radius 1 is 1.26 bits per heavy atom. The summed E-state index contributed by atoms with van der Waals surface area (Å²) in [5.74, 6) is 0.517. The number of rotatable bonds is 7. The summed E-state index contributed by atoms with van der Waals surface area (Å²) in [6.07, 6.45) is 5.02. The summed E-state index contributed by atoms with van der Waals surface area (Å²) in [6, 6.07) is 3.37. The number of amides is 1. The second-order valence-electron chi connectivity index (χ2n) is 7.83. The molecule has 27 heavy (non-hydrogen) atoms. The normalized spacial score (nSPS) is 25.4. The maximum Gasteiger partial charge on any atom is 0.252 e. The lowest BCUT2D eigenvalue weighted by Gasteiger charge is -2.31. The van der Waals surface area contributed by atoms with Crippen molar-refractivity contribution in [3.8, 4) is 0 Å². The van der Waals surface area contributed by atoms with Crippen molar-refractivity contribution in [3.05, 3.63) is 17.5 Å². The summed E-state index contributed by atoms with van der Waals surface area (Å²) < 4.78 is 27.2. The summed E-state index contributed by atoms with van der Waals surface area (Å²) in [6.45, 7) is 7.09. The molecule has 2 aliphatic heterocycles. The number of carbonyl (C=O) groups is 1. The van der Waals surface area contributed by atoms with Crippen LogP contribution in [-0.2, 0) is 14.8 Å². The van der Waals surface area contributed by atoms with Gasteiger partial charge in [-0.3, -0.25) is 4.79 Å². The highest BCUT2D eigenvalue weighted by Crippen LogP contribution is 2.26. The van der Waals surface area contributed by atoms with E-state index in [0.29, 0.717) is 17.3 Å². The smallest absolute Gasteiger partial charge is 0.252 e. The van der Waals surface area contributed by atoms with E-state index in [2.05, 4.69) is 17.1 Å². The highest BCUT2D eigenvalue weighted by molar-refractivity contribution is 7.91. The first kappa shape index (κ1) is 20.8. The van der Waals surface area contributed by atoms with E-state index in [-0.39, 0.29) is 18.4 Å². The molecule has 8 heteroatoms. The van der Waals surface area contributed by atoms with Crippen molar-refractivity contribution in [2.45, 2.75) is 43.2 Å². The molecule has 0 radical (unpaired) electrons. The molecule has 1 N–H and O–H groups in total. The standard InChI is InChI=1S/C19H31N3O3S2/c1-16-6-2-10-21(14-16)11-5-9-20-19(23)17-7-3-12-22(15-17)27(24,25)18-8-4-13-26-18/h4,8,13,16-17H,2-3,5-7,9-12,14-15H2,1H3,(H,20,23)/t16-,17+/m1/s1. The molecule has 6 nitrogen and oxygen atoms in total. The van der Waals surface area contributed by atoms with E-state index in [0.717, 1.165) is 44.8 Å². The lowest BCUT2D eigenvalue weighted by Crippen LogP contribution is -2.45. The molecule has 1 aromatic rings. The quantitative estimate of drug-likeness (QED) is 0.697. The first-order chi connectivity index (χ1) is 13.0. The van der Waals surface area contributed by atoms with Gasteiger partial charge in [-0.1, -0.05) is 13.0 Å². The Bertz CT molecular complexity index is 706. The van der Waals surface area contributed by atoms with Crippen LogP contribution >= 0.6 is 11.3 Å². The zero-order valence-corrected chi connectivity index (χ0v) is 17.7. The molecule has 0 unspecified atom stereocenters. The van der Waals surface area contributed by atoms with Crippen molar-refractivity contribution in [1.82, 2.24) is 14.5 Å². The van der Waals surface area contributed by atoms with Gasteiger partial charge in [0.25, 0.3) is 10.0 Å². The molecule has 1 aromatic heterocycles. The zero-order valence-electron chi connectivity index (χ0n) is 16.1. The van der Waals surface area contributed by atoms with Crippen molar-refractivity contribution < 1.29 is 13.2 Å². The first-order valence-corrected chi connectivity index (χ1v) is 12.3. The molecule has 2 atom stereocenters. The molecule has 152 valence electrons. The Balaban J connectivity index is 1.43. The Kier molecular flexibility index (Phi) is 7.30. The number of hydrogen-bond acceptors (Lipinski definition) is 5. The largest absolute Gasteiger partial charge is 0.356 e. The maximum atomic E-state index is 12.7. The predicted octanol–water partition coefficient (Wildman–Crippen LogP) is 2.39. The van der Waals surface area contributed by atoms with Gasteiger partial charge >= 0.3 is 0 Å². The van der Waals surface area contributed by atoms with Crippen LogP contribution in [0, 0.1) is 11.8 Å². The van der Waals surface area contributed by atoms with Crippen LogP contribution in [0.3, 0.4) is 0 Å². The minimum atomic E-state index is -3.46. The minimum Gasteiger partial charge on any atom is -0.356 e. The Hall–Kier alpha value is -0.960. The highest BCUT2D eigenvalue weighted by atomic mass is 32.2. The molecule has 0 bridgehead atoms. The van der Waals surface area contributed by atoms with Crippen LogP contribution in [0.2, 0.25) is 0 Å². The maximum absolute atomic E-state index is 12.7. The SMILES string of the molecule is C[C@@H]1CCCN(CCCNC(=O)[C@H]2CCCN(S(=O)(=O)c3cccs3)C2)C1. The van der Waals surface area contributed by atoms with Gasteiger partial charge in [-0.05, 0) is 62.6 Å². The Morgan fingerprint density at radius 2 is 2.07 bits per heavy atom. The van der Waals surface area contributed by atoms with E-state index in [1.165, 1.54) is 28.5 Å². The third kappa shape index (κ3) is 5.53. The summed E-state index contributed by atoms with van der Waals surface area (Å²) in [5.41, 5.74) is 0. The number of likely N-dealkylation sites (tertiary alicyclic amines) is 1. The molecule has 1 amide bonds. The number of nitrogens with one attached hydrogen (secondary N) is 1. The van der Waals surface area contributed by atoms with Crippen LogP contribution in [0.25, 0.3) is 0 Å². The third-order valence-corrected chi connectivity index (χ3v) is 8.77. The highest BCUT2D eigenvalue weighted by Gasteiger charge is 2.33. The van der Waals surface area contributed by atoms with Gasteiger partial charge in [0.2, 0.25) is 5.91 Å². The van der Waals surface area contributed by atoms with Crippen LogP contribution < -0.4 is 5.32 Å². The monoisotopic (exact) mass is 413 g/mol. The van der Waals surface area contributed by atoms with Crippen molar-refractivity contribution >= 4 is 27.3 Å². The lowest BCUT2D eigenvalue weighted by atomic mass is 9.99. The fourth-order valence-corrected chi connectivity index (χ4v) is 6.73. The number of piperidine rings is 2. The summed E-state index contributed by atoms with van der Waals surface area (Å²) in [5, 5.41) is 4.79. The van der Waals surface area contributed by atoms with Gasteiger partial charge in [-0.2, -0.15) is 4.31 Å². The van der Waals surface area contributed by atoms with Crippen LogP contribution in [0.5, 0.6) is 0 Å². The van der Waals surface area contributed by atoms with Gasteiger partial charge in [0.15, 0.2) is 0 Å². The van der Waals surface area contributed by atoms with Crippen molar-refractivity contribution in [2.75, 3.05) is 39.3 Å². The van der Waals surface area contributed by atoms with E-state index in [9.17, 15) is 13.2 Å². The summed E-state index contributed by atoms with van der Waals surface area (Å²) in [4.78, 5) is 15.0. The topological polar surface area (TPSA) is 69.7 Å². The van der Waals surface area contributed by atoms with Crippen LogP contribution in [-0.4, -0.2) is 62.8 Å². The van der Waals surface area contributed by atoms with Crippen LogP contribution in [0.15, 0.2) is 21.7 Å². The lowest BCUT2D eigenvalue weighted by molar-refractivity contribution is -0.126. The van der Waals surface area contributed by atoms with Gasteiger partial charge in [0.05, 0.1) is 5.92 Å². The van der Waals surface area contributed by atoms with Gasteiger partial charge < -0.3 is 10.2 Å². The molecule has 2 saturated heterocycles. The molecule has 3 heterocycles. The first-order valence-electron chi connectivity index (χ1n) is 10.0. The van der Waals surface area contributed by atoms with Crippen molar-refractivity contribution in [2.24, 2.45) is 11.8 Å². The average Bonchev–Trinajstić information content (AvgIpc) is 3.21. The molecular formula is C19H31N3O3S2. The number of carbonyl (C=O) groups excluding carboxylic acids is 1. The second-order valence-corrected chi connectivity index (χ2v) is 10.9. The second kappa shape index (κ2) is 9.49. The fraction of sp³-hybridized carbons (Fsp3) is 0.737. The molecule has 2 aliphatic rings. The number of nitrogens with zero attached hydrogens (tertiary/aromatic N) is 2. The Labute approximate surface area is 167 Å². The van der Waals surface area contributed by atoms with E-state index in [1.807, 2.05) is 0 Å². The zero-order chi connectivity index (χ0) is 19.3. The molecule has 2 fully saturated rings. The van der Waals surface area contributed by atoms with Gasteiger partial charge in [0, 0.05) is 26.2 Å². The molecule has 0 saturated carbocycles. The molecule has 3 rings (SSSR count). The van der Waals surface area contributed by atoms with E-state index in [4.69, 9.17) is 0 Å². The Morgan fingerprint density at radius 3 is 2.81 bits per heavy atom. The van der Waals surface area contributed by atoms with Gasteiger partial charge in [-0.25, -0.2) is 8.42 Å². The van der Waals surface area contributed by atoms with E-state index < -0.39 is 10.0 Å². The van der Waals surface area contributed by atoms with Crippen molar-refractivity contribution in [3.63, 3.8) is 0 Å². The molecule has 0 aromatic carbocycles. The van der Waals surface area contributed by atoms with Crippen LogP contribution in [0.1, 0.15) is 39.0 Å². The molecule has 0 spiro atoms. The van der Waals surface area contributed by atoms with Crippen molar-refractivity contribution in [1.29, 1.82) is 0 Å². The third-order valence-electron chi connectivity index (χ3n) is 5.54. The van der Waals surface area contributed by atoms with E-state index in [1.54, 1.807) is 17.5 Å². The van der Waals surface area contributed by atoms with Crippen LogP contribution in [0.4, 0.5) is 0 Å². The van der Waals surface area contributed by atoms with Gasteiger partial charge in [0.1, 0.15) is 4.21 Å². The fourth-order valence-electron chi connectivity index (χ4n) is 4.06. The van der Waals surface area contributed by atoms with E-state index >= 15 is 0 Å². The molecular weight excluding hydrogens is 382 g/mol. The summed E-state index contributed by atoms with van der Waals surface area (Å²) in [7, 11) is -3.46. The predicted molar refractivity (Wildman–Crippen MR) is 108 cm³/mol. The number of sulfonamides is 1. The average molecular weight is 414 g/mol. The summed E-state index contributed by atoms with van der Waals surface area (Å²) >= 11 is 1.23. The number of thiophene rings is 1. The number of hydrogen-bond donors (Lipinski definition) is 1. The molecule has 0 aliphatic carbocycles. The minimum absolute atomic E-state index is 0.00640.